The van der Waals surface area contributed by atoms with Crippen molar-refractivity contribution in [2.24, 2.45) is 0 Å². The molecule has 1 saturated heterocycles. The van der Waals surface area contributed by atoms with Gasteiger partial charge in [0.25, 0.3) is 15.7 Å². The van der Waals surface area contributed by atoms with Gasteiger partial charge in [-0.25, -0.2) is 18.4 Å². The molecule has 0 saturated carbocycles. The fraction of sp³-hybridized carbons (Fsp3) is 0.213. The number of hydrogen-bond donors (Lipinski definition) is 2. The van der Waals surface area contributed by atoms with Crippen molar-refractivity contribution in [2.75, 3.05) is 40.9 Å². The minimum Gasteiger partial charge on any atom is -0.378 e. The van der Waals surface area contributed by atoms with E-state index >= 15 is 0 Å². The van der Waals surface area contributed by atoms with Crippen LogP contribution in [0.25, 0.3) is 22.0 Å². The van der Waals surface area contributed by atoms with Gasteiger partial charge in [-0.15, -0.1) is 11.8 Å². The van der Waals surface area contributed by atoms with Gasteiger partial charge in [-0.2, -0.15) is 0 Å². The van der Waals surface area contributed by atoms with E-state index in [0.717, 1.165) is 54.6 Å². The first-order chi connectivity index (χ1) is 29.7. The molecular weight excluding hydrogens is 807 g/mol. The molecule has 8 rings (SSSR count). The molecule has 1 unspecified atom stereocenters. The second-order valence-electron chi connectivity index (χ2n) is 15.1. The van der Waals surface area contributed by atoms with Crippen molar-refractivity contribution in [3.05, 3.63) is 173 Å². The summed E-state index contributed by atoms with van der Waals surface area (Å²) in [6.07, 6.45) is 7.75. The molecule has 12 nitrogen and oxygen atoms in total. The van der Waals surface area contributed by atoms with Crippen LogP contribution in [0.3, 0.4) is 0 Å². The molecule has 310 valence electrons. The van der Waals surface area contributed by atoms with Crippen molar-refractivity contribution in [1.82, 2.24) is 15.0 Å². The molecule has 2 N–H and O–H groups in total. The Balaban J connectivity index is 0.969. The van der Waals surface area contributed by atoms with Crippen LogP contribution in [0.5, 0.6) is 0 Å². The maximum absolute atomic E-state index is 13.8. The Hall–Kier alpha value is -6.35. The van der Waals surface area contributed by atoms with Crippen LogP contribution in [-0.2, 0) is 27.6 Å². The van der Waals surface area contributed by atoms with Gasteiger partial charge in [0, 0.05) is 72.8 Å². The molecule has 0 aliphatic carbocycles. The fourth-order valence-corrected chi connectivity index (χ4v) is 9.89. The van der Waals surface area contributed by atoms with Crippen LogP contribution in [0, 0.1) is 10.1 Å². The SMILES string of the molecule is COC1(Cc2ccccc2-c2ccccc2)CCN(c2ccc3c(NS(=O)(=O)c4ccc(NC(CSc5ccccc5)Cc5cccnc5)c([N+](=O)[O-])c4)ncnc3c2)CC1. The standard InChI is InChI=1S/C47H45N7O5S2/c1-59-47(30-36-14-8-9-17-41(36)35-12-4-2-5-13-35)22-25-53(26-23-47)38-18-20-42-44(28-38)49-33-50-46(42)52-61(57,58)40-19-21-43(45(29-40)54(55)56)51-37(27-34-11-10-24-48-31-34)32-60-39-15-6-3-7-16-39/h2-21,24,28-29,31,33,37,51H,22-23,25-27,30,32H2,1H3,(H,49,50,52). The normalized spacial score (nSPS) is 14.3. The predicted molar refractivity (Wildman–Crippen MR) is 243 cm³/mol. The van der Waals surface area contributed by atoms with Crippen LogP contribution in [0.1, 0.15) is 24.0 Å². The van der Waals surface area contributed by atoms with Gasteiger partial charge in [0.1, 0.15) is 12.0 Å². The second-order valence-corrected chi connectivity index (χ2v) is 17.8. The lowest BCUT2D eigenvalue weighted by Gasteiger charge is -2.42. The third-order valence-electron chi connectivity index (χ3n) is 11.2. The highest BCUT2D eigenvalue weighted by Gasteiger charge is 2.36. The van der Waals surface area contributed by atoms with E-state index in [1.165, 1.54) is 35.2 Å². The maximum Gasteiger partial charge on any atom is 0.293 e. The Morgan fingerprint density at radius 3 is 2.38 bits per heavy atom. The van der Waals surface area contributed by atoms with Crippen LogP contribution in [0.2, 0.25) is 0 Å². The zero-order valence-electron chi connectivity index (χ0n) is 33.6. The Labute approximate surface area is 359 Å². The molecule has 0 radical (unpaired) electrons. The lowest BCUT2D eigenvalue weighted by atomic mass is 9.82. The lowest BCUT2D eigenvalue weighted by Crippen LogP contribution is -2.47. The van der Waals surface area contributed by atoms with Crippen molar-refractivity contribution in [3.8, 4) is 11.1 Å². The molecule has 7 aromatic rings. The number of nitro groups is 1. The third-order valence-corrected chi connectivity index (χ3v) is 13.7. The summed E-state index contributed by atoms with van der Waals surface area (Å²) in [5.74, 6) is 0.667. The fourth-order valence-electron chi connectivity index (χ4n) is 7.90. The van der Waals surface area contributed by atoms with Crippen LogP contribution >= 0.6 is 11.8 Å². The molecule has 5 aromatic carbocycles. The third kappa shape index (κ3) is 9.83. The number of ether oxygens (including phenoxy) is 1. The van der Waals surface area contributed by atoms with Crippen LogP contribution in [0.15, 0.2) is 162 Å². The van der Waals surface area contributed by atoms with E-state index in [0.29, 0.717) is 23.1 Å². The molecule has 1 aliphatic heterocycles. The average molecular weight is 852 g/mol. The molecule has 3 heterocycles. The highest BCUT2D eigenvalue weighted by Crippen LogP contribution is 2.37. The van der Waals surface area contributed by atoms with E-state index in [4.69, 9.17) is 4.74 Å². The zero-order valence-corrected chi connectivity index (χ0v) is 35.2. The number of nitro benzene ring substituents is 1. The molecule has 1 aliphatic rings. The van der Waals surface area contributed by atoms with Gasteiger partial charge in [-0.3, -0.25) is 19.8 Å². The number of thioether (sulfide) groups is 1. The molecular formula is C47H45N7O5S2. The zero-order chi connectivity index (χ0) is 42.2. The van der Waals surface area contributed by atoms with Gasteiger partial charge in [-0.05, 0) is 90.0 Å². The van der Waals surface area contributed by atoms with Crippen LogP contribution in [-0.4, -0.2) is 65.9 Å². The van der Waals surface area contributed by atoms with Crippen molar-refractivity contribution in [2.45, 2.75) is 47.1 Å². The lowest BCUT2D eigenvalue weighted by molar-refractivity contribution is -0.384. The van der Waals surface area contributed by atoms with E-state index in [9.17, 15) is 18.5 Å². The number of hydrogen-bond acceptors (Lipinski definition) is 11. The first kappa shape index (κ1) is 41.4. The Morgan fingerprint density at radius 2 is 1.64 bits per heavy atom. The van der Waals surface area contributed by atoms with Crippen LogP contribution < -0.4 is 14.9 Å². The highest BCUT2D eigenvalue weighted by molar-refractivity contribution is 7.99. The summed E-state index contributed by atoms with van der Waals surface area (Å²) in [7, 11) is -2.50. The molecule has 0 spiro atoms. The number of benzene rings is 5. The van der Waals surface area contributed by atoms with Crippen molar-refractivity contribution in [3.63, 3.8) is 0 Å². The van der Waals surface area contributed by atoms with Gasteiger partial charge in [0.05, 0.1) is 20.9 Å². The summed E-state index contributed by atoms with van der Waals surface area (Å²) in [6.45, 7) is 1.52. The number of piperidine rings is 1. The van der Waals surface area contributed by atoms with Gasteiger partial charge in [-0.1, -0.05) is 78.9 Å². The topological polar surface area (TPSA) is 152 Å². The monoisotopic (exact) mass is 851 g/mol. The van der Waals surface area contributed by atoms with E-state index in [1.54, 1.807) is 31.3 Å². The number of aromatic nitrogens is 3. The number of nitrogens with one attached hydrogen (secondary N) is 2. The van der Waals surface area contributed by atoms with Gasteiger partial charge in [0.2, 0.25) is 0 Å². The molecule has 61 heavy (non-hydrogen) atoms. The minimum absolute atomic E-state index is 0.0741. The highest BCUT2D eigenvalue weighted by atomic mass is 32.2. The molecule has 0 amide bonds. The second kappa shape index (κ2) is 18.5. The molecule has 0 bridgehead atoms. The molecule has 1 fully saturated rings. The Morgan fingerprint density at radius 1 is 0.885 bits per heavy atom. The van der Waals surface area contributed by atoms with E-state index in [2.05, 4.69) is 78.4 Å². The summed E-state index contributed by atoms with van der Waals surface area (Å²) in [5, 5.41) is 16.2. The quantitative estimate of drug-likeness (QED) is 0.0543. The summed E-state index contributed by atoms with van der Waals surface area (Å²) < 4.78 is 36.5. The Bertz CT molecular complexity index is 2720. The summed E-state index contributed by atoms with van der Waals surface area (Å²) in [6, 6.07) is 41.9. The van der Waals surface area contributed by atoms with Crippen molar-refractivity contribution in [1.29, 1.82) is 0 Å². The molecule has 14 heteroatoms. The van der Waals surface area contributed by atoms with Crippen LogP contribution in [0.4, 0.5) is 22.9 Å². The number of methoxy groups -OCH3 is 1. The largest absolute Gasteiger partial charge is 0.378 e. The smallest absolute Gasteiger partial charge is 0.293 e. The van der Waals surface area contributed by atoms with Gasteiger partial charge in [0.15, 0.2) is 5.82 Å². The summed E-state index contributed by atoms with van der Waals surface area (Å²) in [4.78, 5) is 27.9. The summed E-state index contributed by atoms with van der Waals surface area (Å²) in [5.41, 5.74) is 5.66. The van der Waals surface area contributed by atoms with E-state index in [-0.39, 0.29) is 33.7 Å². The van der Waals surface area contributed by atoms with Crippen molar-refractivity contribution < 1.29 is 18.1 Å². The summed E-state index contributed by atoms with van der Waals surface area (Å²) >= 11 is 1.62. The number of rotatable bonds is 16. The van der Waals surface area contributed by atoms with Gasteiger partial charge >= 0.3 is 0 Å². The number of sulfonamides is 1. The number of anilines is 3. The van der Waals surface area contributed by atoms with E-state index in [1.807, 2.05) is 66.7 Å². The average Bonchev–Trinajstić information content (AvgIpc) is 3.29. The molecule has 1 atom stereocenters. The number of nitrogens with zero attached hydrogens (tertiary/aromatic N) is 5. The first-order valence-corrected chi connectivity index (χ1v) is 22.5. The Kier molecular flexibility index (Phi) is 12.6. The molecule has 2 aromatic heterocycles. The maximum atomic E-state index is 13.8. The van der Waals surface area contributed by atoms with E-state index < -0.39 is 14.9 Å². The number of fused-ring (bicyclic) bond motifs is 1. The minimum atomic E-state index is -4.30. The predicted octanol–water partition coefficient (Wildman–Crippen LogP) is 9.44. The van der Waals surface area contributed by atoms with Crippen molar-refractivity contribution >= 4 is 55.6 Å². The number of pyridine rings is 1. The van der Waals surface area contributed by atoms with Gasteiger partial charge < -0.3 is 15.0 Å². The first-order valence-electron chi connectivity index (χ1n) is 20.0.